The van der Waals surface area contributed by atoms with Gasteiger partial charge in [-0.1, -0.05) is 309 Å². The molecule has 19 heteroatoms. The van der Waals surface area contributed by atoms with Crippen LogP contribution in [0.5, 0.6) is 0 Å². The molecule has 13 rings (SSSR count). The number of fused-ring (bicyclic) bond motifs is 1. The molecule has 0 radical (unpaired) electrons. The van der Waals surface area contributed by atoms with Crippen molar-refractivity contribution in [2.75, 3.05) is 52.9 Å². The van der Waals surface area contributed by atoms with Gasteiger partial charge in [0, 0.05) is 0 Å². The SMILES string of the molecule is O=P(OCc1ccccc1)(OCC(OCc1ccccc1)C(OCc1ccccc1)C(CO[C@@H]1CO[C@H](COCc2ccccc2)[C@@H]1O)OCc1ccccc1)OC1[C@@H](COCc2ccccc2)OC[C@H]1OCC(OCc1ccccc1)C(OCc1ccccc1)C(COCc1ccc2ccccc2c1)OCc1ccccc1. The monoisotopic (exact) mass is 1550 g/mol. The highest BCUT2D eigenvalue weighted by Gasteiger charge is 2.48. The second kappa shape index (κ2) is 44.8. The van der Waals surface area contributed by atoms with Crippen LogP contribution in [-0.2, 0) is 146 Å². The highest BCUT2D eigenvalue weighted by Crippen LogP contribution is 2.53. The van der Waals surface area contributed by atoms with E-state index in [1.54, 1.807) is 0 Å². The zero-order chi connectivity index (χ0) is 77.2. The molecule has 11 aromatic rings. The molecule has 2 aliphatic heterocycles. The predicted octanol–water partition coefficient (Wildman–Crippen LogP) is 17.0. The normalized spacial score (nSPS) is 19.1. The predicted molar refractivity (Wildman–Crippen MR) is 431 cm³/mol. The second-order valence-corrected chi connectivity index (χ2v) is 29.7. The summed E-state index contributed by atoms with van der Waals surface area (Å²) in [5.74, 6) is 0. The Hall–Kier alpha value is -8.77. The lowest BCUT2D eigenvalue weighted by atomic mass is 10.1. The molecule has 1 N–H and O–H groups in total. The van der Waals surface area contributed by atoms with Gasteiger partial charge in [-0.05, 0) is 72.5 Å². The van der Waals surface area contributed by atoms with Crippen molar-refractivity contribution in [3.05, 3.63) is 371 Å². The molecule has 2 aliphatic rings. The maximum Gasteiger partial charge on any atom is 0.475 e. The first-order valence-electron chi connectivity index (χ1n) is 38.8. The number of aliphatic hydroxyl groups excluding tert-OH is 1. The number of phosphoric acid groups is 1. The van der Waals surface area contributed by atoms with Gasteiger partial charge in [-0.3, -0.25) is 13.6 Å². The summed E-state index contributed by atoms with van der Waals surface area (Å²) in [6.45, 7) is 1.16. The molecule has 13 atom stereocenters. The zero-order valence-corrected chi connectivity index (χ0v) is 64.4. The van der Waals surface area contributed by atoms with E-state index >= 15 is 4.57 Å². The second-order valence-electron chi connectivity index (χ2n) is 28.1. The van der Waals surface area contributed by atoms with Crippen molar-refractivity contribution in [2.24, 2.45) is 0 Å². The van der Waals surface area contributed by atoms with E-state index < -0.39 is 87.7 Å². The van der Waals surface area contributed by atoms with Gasteiger partial charge >= 0.3 is 7.82 Å². The van der Waals surface area contributed by atoms with Crippen LogP contribution in [0.2, 0.25) is 0 Å². The Morgan fingerprint density at radius 3 is 1.07 bits per heavy atom. The van der Waals surface area contributed by atoms with Crippen LogP contribution in [0.4, 0.5) is 0 Å². The number of aliphatic hydroxyl groups is 1. The third kappa shape index (κ3) is 26.4. The molecule has 0 amide bonds. The van der Waals surface area contributed by atoms with Crippen molar-refractivity contribution in [2.45, 2.75) is 139 Å². The molecule has 11 aromatic carbocycles. The van der Waals surface area contributed by atoms with Gasteiger partial charge in [0.15, 0.2) is 0 Å². The van der Waals surface area contributed by atoms with Crippen molar-refractivity contribution in [3.63, 3.8) is 0 Å². The van der Waals surface area contributed by atoms with Crippen LogP contribution in [-0.4, -0.2) is 131 Å². The van der Waals surface area contributed by atoms with Crippen LogP contribution in [0.3, 0.4) is 0 Å². The van der Waals surface area contributed by atoms with Crippen LogP contribution in [0.15, 0.2) is 315 Å². The Morgan fingerprint density at radius 1 is 0.310 bits per heavy atom. The van der Waals surface area contributed by atoms with Gasteiger partial charge in [-0.15, -0.1) is 0 Å². The summed E-state index contributed by atoms with van der Waals surface area (Å²) < 4.78 is 126. The molecule has 0 saturated carbocycles. The number of hydrogen-bond donors (Lipinski definition) is 1. The average Bonchev–Trinajstić information content (AvgIpc) is 1.45. The van der Waals surface area contributed by atoms with Gasteiger partial charge in [-0.25, -0.2) is 4.57 Å². The number of phosphoric ester groups is 1. The van der Waals surface area contributed by atoms with E-state index in [1.165, 1.54) is 0 Å². The molecule has 2 fully saturated rings. The smallest absolute Gasteiger partial charge is 0.388 e. The number of rotatable bonds is 48. The van der Waals surface area contributed by atoms with Crippen LogP contribution in [0.1, 0.15) is 55.6 Å². The lowest BCUT2D eigenvalue weighted by molar-refractivity contribution is -0.187. The standard InChI is InChI=1S/C94H101O18P/c95-91-83(63-97-53-71-30-10-1-11-31-71)104-66-84(91)105-67-87(101-57-74-36-16-4-17-37-74)93(109-61-78-44-24-8-25-45-78)90(103-59-76-40-20-6-21-41-76)70-111-113(96,110-62-79-46-26-9-27-47-79)112-94-86(65-98-54-72-32-12-2-13-33-72)106-69-89(94)107-68-88(102-58-75-38-18-5-19-39-75)92(108-60-77-42-22-7-23-43-77)85(100-56-73-34-14-3-15-35-73)64-99-55-80-50-51-81-48-28-29-49-82(81)52-80/h1-52,83-95H,53-70H2/t83-,84-,85?,86-,87?,88?,89-,90?,91+,92?,93?,94?,113?/m1/s1. The van der Waals surface area contributed by atoms with Crippen LogP contribution in [0, 0.1) is 0 Å². The van der Waals surface area contributed by atoms with E-state index in [0.717, 1.165) is 60.8 Å². The van der Waals surface area contributed by atoms with Gasteiger partial charge in [0.05, 0.1) is 119 Å². The van der Waals surface area contributed by atoms with E-state index in [0.29, 0.717) is 18.8 Å². The van der Waals surface area contributed by atoms with Crippen molar-refractivity contribution in [1.29, 1.82) is 0 Å². The maximum atomic E-state index is 16.7. The van der Waals surface area contributed by atoms with E-state index in [9.17, 15) is 5.11 Å². The minimum absolute atomic E-state index is 0.0143. The molecule has 2 heterocycles. The number of ether oxygens (including phenoxy) is 13. The summed E-state index contributed by atoms with van der Waals surface area (Å²) in [6.07, 6.45) is -11.1. The van der Waals surface area contributed by atoms with Gasteiger partial charge < -0.3 is 66.7 Å². The first-order chi connectivity index (χ1) is 55.8. The third-order valence-corrected chi connectivity index (χ3v) is 21.1. The zero-order valence-electron chi connectivity index (χ0n) is 63.5. The van der Waals surface area contributed by atoms with Crippen molar-refractivity contribution >= 4 is 18.6 Å². The third-order valence-electron chi connectivity index (χ3n) is 19.7. The minimum Gasteiger partial charge on any atom is -0.388 e. The molecule has 18 nitrogen and oxygen atoms in total. The largest absolute Gasteiger partial charge is 0.475 e. The first kappa shape index (κ1) is 82.2. The highest BCUT2D eigenvalue weighted by molar-refractivity contribution is 7.48. The fraction of sp³-hybridized carbons (Fsp3) is 0.319. The van der Waals surface area contributed by atoms with E-state index in [-0.39, 0.29) is 99.1 Å². The molecule has 2 saturated heterocycles. The van der Waals surface area contributed by atoms with Gasteiger partial charge in [-0.2, -0.15) is 0 Å². The van der Waals surface area contributed by atoms with Gasteiger partial charge in [0.2, 0.25) is 0 Å². The van der Waals surface area contributed by atoms with Gasteiger partial charge in [0.25, 0.3) is 0 Å². The molecule has 0 spiro atoms. The average molecular weight is 1550 g/mol. The molecule has 0 bridgehead atoms. The van der Waals surface area contributed by atoms with Crippen molar-refractivity contribution < 1.29 is 84.8 Å². The molecule has 0 aromatic heterocycles. The topological polar surface area (TPSA) is 185 Å². The van der Waals surface area contributed by atoms with E-state index in [4.69, 9.17) is 75.2 Å². The van der Waals surface area contributed by atoms with Crippen molar-refractivity contribution in [1.82, 2.24) is 0 Å². The molecule has 8 unspecified atom stereocenters. The van der Waals surface area contributed by atoms with Gasteiger partial charge in [0.1, 0.15) is 73.2 Å². The Morgan fingerprint density at radius 2 is 0.637 bits per heavy atom. The molecule has 0 aliphatic carbocycles. The Kier molecular flexibility index (Phi) is 32.6. The quantitative estimate of drug-likeness (QED) is 0.0355. The van der Waals surface area contributed by atoms with Crippen molar-refractivity contribution in [3.8, 4) is 0 Å². The van der Waals surface area contributed by atoms with E-state index in [2.05, 4.69) is 30.3 Å². The summed E-state index contributed by atoms with van der Waals surface area (Å²) in [6, 6.07) is 103. The summed E-state index contributed by atoms with van der Waals surface area (Å²) in [5.41, 5.74) is 9.00. The lowest BCUT2D eigenvalue weighted by Gasteiger charge is -2.35. The van der Waals surface area contributed by atoms with Crippen LogP contribution >= 0.6 is 7.82 Å². The van der Waals surface area contributed by atoms with Crippen LogP contribution < -0.4 is 0 Å². The molecular weight excluding hydrogens is 1450 g/mol. The fourth-order valence-electron chi connectivity index (χ4n) is 13.5. The first-order valence-corrected chi connectivity index (χ1v) is 40.2. The summed E-state index contributed by atoms with van der Waals surface area (Å²) >= 11 is 0. The highest BCUT2D eigenvalue weighted by atomic mass is 31.2. The summed E-state index contributed by atoms with van der Waals surface area (Å²) in [5, 5.41) is 14.1. The Labute approximate surface area is 663 Å². The Bertz CT molecular complexity index is 4480. The molecular formula is C94H101O18P. The minimum atomic E-state index is -4.88. The number of benzene rings is 11. The fourth-order valence-corrected chi connectivity index (χ4v) is 14.9. The van der Waals surface area contributed by atoms with E-state index in [1.807, 2.05) is 285 Å². The maximum absolute atomic E-state index is 16.7. The Balaban J connectivity index is 0.826. The van der Waals surface area contributed by atoms with Crippen LogP contribution in [0.25, 0.3) is 10.8 Å². The summed E-state index contributed by atoms with van der Waals surface area (Å²) in [4.78, 5) is 0. The molecule has 590 valence electrons. The molecule has 113 heavy (non-hydrogen) atoms. The lowest BCUT2D eigenvalue weighted by Crippen LogP contribution is -2.48. The summed E-state index contributed by atoms with van der Waals surface area (Å²) in [7, 11) is -4.88. The number of hydrogen-bond acceptors (Lipinski definition) is 18.